The first-order chi connectivity index (χ1) is 11.2. The molecule has 1 aliphatic rings. The summed E-state index contributed by atoms with van der Waals surface area (Å²) in [5.41, 5.74) is 5.08. The number of thioether (sulfide) groups is 1. The van der Waals surface area contributed by atoms with Gasteiger partial charge in [-0.3, -0.25) is 0 Å². The molecule has 1 aromatic heterocycles. The molecular weight excluding hydrogens is 448 g/mol. The third-order valence-corrected chi connectivity index (χ3v) is 5.92. The number of hydrogen-bond donors (Lipinski definition) is 0. The number of benzene rings is 2. The Morgan fingerprint density at radius 3 is 2.58 bits per heavy atom. The van der Waals surface area contributed by atoms with Crippen LogP contribution in [0.2, 0.25) is 0 Å². The molecular formula is C19H18Br2N2S. The fourth-order valence-electron chi connectivity index (χ4n) is 3.07. The number of para-hydroxylation sites is 1. The minimum absolute atomic E-state index is 0. The van der Waals surface area contributed by atoms with E-state index in [0.29, 0.717) is 0 Å². The van der Waals surface area contributed by atoms with Gasteiger partial charge in [-0.2, -0.15) is 4.57 Å². The van der Waals surface area contributed by atoms with Crippen LogP contribution in [0.1, 0.15) is 12.0 Å². The Hall–Kier alpha value is -1.04. The zero-order chi connectivity index (χ0) is 15.8. The summed E-state index contributed by atoms with van der Waals surface area (Å²) in [7, 11) is 0. The minimum atomic E-state index is 0. The number of halogens is 2. The maximum absolute atomic E-state index is 3.53. The highest BCUT2D eigenvalue weighted by Crippen LogP contribution is 2.32. The van der Waals surface area contributed by atoms with Crippen LogP contribution in [0.25, 0.3) is 16.9 Å². The first-order valence-electron chi connectivity index (χ1n) is 7.84. The largest absolute Gasteiger partial charge is 1.00 e. The number of aromatic nitrogens is 2. The van der Waals surface area contributed by atoms with Crippen LogP contribution in [0.4, 0.5) is 0 Å². The summed E-state index contributed by atoms with van der Waals surface area (Å²) < 4.78 is 5.93. The summed E-state index contributed by atoms with van der Waals surface area (Å²) in [6, 6.07) is 17.2. The van der Waals surface area contributed by atoms with Crippen LogP contribution < -0.4 is 21.5 Å². The lowest BCUT2D eigenvalue weighted by Crippen LogP contribution is -3.00. The van der Waals surface area contributed by atoms with E-state index >= 15 is 0 Å². The molecule has 0 bridgehead atoms. The zero-order valence-electron chi connectivity index (χ0n) is 13.4. The summed E-state index contributed by atoms with van der Waals surface area (Å²) in [5.74, 6) is 1.19. The summed E-state index contributed by atoms with van der Waals surface area (Å²) in [4.78, 5) is 0. The lowest BCUT2D eigenvalue weighted by molar-refractivity contribution is -0.734. The third kappa shape index (κ3) is 3.22. The van der Waals surface area contributed by atoms with Crippen molar-refractivity contribution in [2.45, 2.75) is 25.0 Å². The Balaban J connectivity index is 0.00000169. The first kappa shape index (κ1) is 17.8. The Kier molecular flexibility index (Phi) is 5.52. The molecule has 2 aromatic carbocycles. The van der Waals surface area contributed by atoms with Crippen molar-refractivity contribution in [2.75, 3.05) is 5.75 Å². The quantitative estimate of drug-likeness (QED) is 0.526. The normalized spacial score (nSPS) is 13.2. The molecule has 0 saturated heterocycles. The van der Waals surface area contributed by atoms with Crippen LogP contribution >= 0.6 is 27.7 Å². The van der Waals surface area contributed by atoms with E-state index in [4.69, 9.17) is 0 Å². The summed E-state index contributed by atoms with van der Waals surface area (Å²) in [6.45, 7) is 3.29. The van der Waals surface area contributed by atoms with Crippen LogP contribution in [-0.2, 0) is 6.54 Å². The van der Waals surface area contributed by atoms with E-state index in [0.717, 1.165) is 11.0 Å². The molecule has 2 heterocycles. The van der Waals surface area contributed by atoms with Gasteiger partial charge in [0.15, 0.2) is 5.69 Å². The molecule has 0 radical (unpaired) electrons. The van der Waals surface area contributed by atoms with Crippen LogP contribution in [0.5, 0.6) is 0 Å². The molecule has 124 valence electrons. The van der Waals surface area contributed by atoms with Gasteiger partial charge in [-0.15, -0.1) is 0 Å². The van der Waals surface area contributed by atoms with Crippen molar-refractivity contribution in [1.29, 1.82) is 0 Å². The van der Waals surface area contributed by atoms with Crippen molar-refractivity contribution in [3.05, 3.63) is 64.8 Å². The van der Waals surface area contributed by atoms with Gasteiger partial charge in [-0.05, 0) is 61.0 Å². The average Bonchev–Trinajstić information content (AvgIpc) is 2.95. The van der Waals surface area contributed by atoms with Crippen molar-refractivity contribution in [3.63, 3.8) is 0 Å². The standard InChI is InChI=1S/C19H18BrN2S.BrH/c1-14-5-2-3-6-17(14)22-18(15-7-9-16(20)10-8-15)13-21-11-4-12-23-19(21)22;/h2-3,5-10,13H,4,11-12H2,1H3;1H/q+1;/p-1. The van der Waals surface area contributed by atoms with Crippen molar-refractivity contribution in [2.24, 2.45) is 0 Å². The highest BCUT2D eigenvalue weighted by Gasteiger charge is 2.29. The van der Waals surface area contributed by atoms with Gasteiger partial charge in [-0.25, -0.2) is 4.57 Å². The van der Waals surface area contributed by atoms with Crippen molar-refractivity contribution in [1.82, 2.24) is 4.57 Å². The molecule has 0 saturated carbocycles. The lowest BCUT2D eigenvalue weighted by Gasteiger charge is -2.11. The fourth-order valence-corrected chi connectivity index (χ4v) is 4.43. The number of rotatable bonds is 2. The number of aryl methyl sites for hydroxylation is 2. The maximum Gasteiger partial charge on any atom is 0.323 e. The maximum atomic E-state index is 3.53. The van der Waals surface area contributed by atoms with E-state index in [1.54, 1.807) is 0 Å². The van der Waals surface area contributed by atoms with Crippen LogP contribution in [0, 0.1) is 6.92 Å². The van der Waals surface area contributed by atoms with Gasteiger partial charge < -0.3 is 17.0 Å². The van der Waals surface area contributed by atoms with E-state index in [1.807, 2.05) is 11.8 Å². The predicted molar refractivity (Wildman–Crippen MR) is 99.2 cm³/mol. The van der Waals surface area contributed by atoms with Crippen molar-refractivity contribution in [3.8, 4) is 16.9 Å². The predicted octanol–water partition coefficient (Wildman–Crippen LogP) is 2.00. The van der Waals surface area contributed by atoms with Gasteiger partial charge in [-0.1, -0.05) is 34.1 Å². The second kappa shape index (κ2) is 7.46. The highest BCUT2D eigenvalue weighted by molar-refractivity contribution is 9.10. The minimum Gasteiger partial charge on any atom is -1.00 e. The van der Waals surface area contributed by atoms with Crippen LogP contribution in [0.3, 0.4) is 0 Å². The van der Waals surface area contributed by atoms with E-state index in [9.17, 15) is 0 Å². The van der Waals surface area contributed by atoms with Crippen molar-refractivity contribution >= 4 is 27.7 Å². The molecule has 0 spiro atoms. The average molecular weight is 466 g/mol. The molecule has 5 heteroatoms. The lowest BCUT2D eigenvalue weighted by atomic mass is 10.1. The van der Waals surface area contributed by atoms with Gasteiger partial charge in [0.1, 0.15) is 11.9 Å². The van der Waals surface area contributed by atoms with Crippen molar-refractivity contribution < 1.29 is 21.5 Å². The Bertz CT molecular complexity index is 856. The number of hydrogen-bond acceptors (Lipinski definition) is 1. The molecule has 2 nitrogen and oxygen atoms in total. The van der Waals surface area contributed by atoms with E-state index < -0.39 is 0 Å². The molecule has 0 amide bonds. The van der Waals surface area contributed by atoms with E-state index in [1.165, 1.54) is 39.8 Å². The zero-order valence-corrected chi connectivity index (χ0v) is 17.4. The summed E-state index contributed by atoms with van der Waals surface area (Å²) >= 11 is 5.49. The molecule has 1 aliphatic heterocycles. The van der Waals surface area contributed by atoms with Gasteiger partial charge in [0.05, 0.1) is 6.54 Å². The summed E-state index contributed by atoms with van der Waals surface area (Å²) in [6.07, 6.45) is 3.54. The molecule has 0 aliphatic carbocycles. The molecule has 0 unspecified atom stereocenters. The monoisotopic (exact) mass is 464 g/mol. The SMILES string of the molecule is Cc1ccccc1-n1c(-c2ccc(Br)cc2)c[n+]2c1SCCC2.[Br-]. The molecule has 0 fully saturated rings. The molecule has 0 atom stereocenters. The molecule has 24 heavy (non-hydrogen) atoms. The van der Waals surface area contributed by atoms with Gasteiger partial charge >= 0.3 is 5.16 Å². The Labute approximate surface area is 165 Å². The highest BCUT2D eigenvalue weighted by atomic mass is 79.9. The molecule has 0 N–H and O–H groups in total. The fraction of sp³-hybridized carbons (Fsp3) is 0.211. The van der Waals surface area contributed by atoms with Gasteiger partial charge in [0.25, 0.3) is 0 Å². The van der Waals surface area contributed by atoms with Gasteiger partial charge in [0.2, 0.25) is 0 Å². The summed E-state index contributed by atoms with van der Waals surface area (Å²) in [5, 5.41) is 1.34. The van der Waals surface area contributed by atoms with Crippen LogP contribution in [0.15, 0.2) is 64.4 Å². The first-order valence-corrected chi connectivity index (χ1v) is 9.62. The Morgan fingerprint density at radius 2 is 1.83 bits per heavy atom. The molecule has 4 rings (SSSR count). The smallest absolute Gasteiger partial charge is 0.323 e. The van der Waals surface area contributed by atoms with E-state index in [-0.39, 0.29) is 17.0 Å². The van der Waals surface area contributed by atoms with Crippen LogP contribution in [-0.4, -0.2) is 10.3 Å². The van der Waals surface area contributed by atoms with E-state index in [2.05, 4.69) is 86.7 Å². The number of imidazole rings is 1. The second-order valence-corrected chi connectivity index (χ2v) is 7.80. The third-order valence-electron chi connectivity index (χ3n) is 4.23. The Morgan fingerprint density at radius 1 is 1.08 bits per heavy atom. The molecule has 3 aromatic rings. The number of fused-ring (bicyclic) bond motifs is 1. The second-order valence-electron chi connectivity index (χ2n) is 5.82. The number of nitrogens with zero attached hydrogens (tertiary/aromatic N) is 2. The van der Waals surface area contributed by atoms with Gasteiger partial charge in [0, 0.05) is 15.8 Å². The topological polar surface area (TPSA) is 8.81 Å².